The van der Waals surface area contributed by atoms with Crippen molar-refractivity contribution in [3.8, 4) is 16.9 Å². The van der Waals surface area contributed by atoms with Gasteiger partial charge in [-0.1, -0.05) is 47.5 Å². The van der Waals surface area contributed by atoms with Crippen LogP contribution in [0.5, 0.6) is 5.75 Å². The molecule has 0 atom stereocenters. The van der Waals surface area contributed by atoms with Gasteiger partial charge in [0.05, 0.1) is 6.10 Å². The molecule has 2 aromatic carbocycles. The van der Waals surface area contributed by atoms with Gasteiger partial charge in [0.25, 0.3) is 0 Å². The molecule has 0 amide bonds. The zero-order valence-electron chi connectivity index (χ0n) is 16.0. The highest BCUT2D eigenvalue weighted by Gasteiger charge is 2.45. The van der Waals surface area contributed by atoms with Crippen LogP contribution in [0.3, 0.4) is 0 Å². The quantitative estimate of drug-likeness (QED) is 0.477. The molecule has 5 heteroatoms. The van der Waals surface area contributed by atoms with Gasteiger partial charge in [-0.3, -0.25) is 4.98 Å². The Morgan fingerprint density at radius 2 is 1.86 bits per heavy atom. The molecule has 3 aromatic rings. The SMILES string of the molecule is Clc1ccc(CNC2(c3cnccc3-c3ccccc3OC3CC3)CC2)c(Cl)c1. The molecule has 1 aromatic heterocycles. The maximum absolute atomic E-state index is 6.37. The molecule has 1 heterocycles. The molecule has 29 heavy (non-hydrogen) atoms. The summed E-state index contributed by atoms with van der Waals surface area (Å²) in [5.74, 6) is 0.957. The zero-order chi connectivity index (χ0) is 19.8. The molecule has 3 nitrogen and oxygen atoms in total. The molecule has 1 N–H and O–H groups in total. The minimum atomic E-state index is -0.0841. The molecule has 148 valence electrons. The minimum absolute atomic E-state index is 0.0841. The first-order valence-electron chi connectivity index (χ1n) is 10.0. The topological polar surface area (TPSA) is 34.2 Å². The Labute approximate surface area is 181 Å². The van der Waals surface area contributed by atoms with Crippen LogP contribution in [0.2, 0.25) is 10.0 Å². The molecule has 2 aliphatic rings. The fraction of sp³-hybridized carbons (Fsp3) is 0.292. The highest BCUT2D eigenvalue weighted by Crippen LogP contribution is 2.50. The molecule has 0 saturated heterocycles. The van der Waals surface area contributed by atoms with E-state index in [0.717, 1.165) is 42.6 Å². The van der Waals surface area contributed by atoms with Crippen LogP contribution in [-0.4, -0.2) is 11.1 Å². The van der Waals surface area contributed by atoms with E-state index < -0.39 is 0 Å². The third-order valence-electron chi connectivity index (χ3n) is 5.71. The van der Waals surface area contributed by atoms with E-state index in [1.807, 2.05) is 30.6 Å². The van der Waals surface area contributed by atoms with Crippen molar-refractivity contribution in [2.24, 2.45) is 0 Å². The average molecular weight is 425 g/mol. The van der Waals surface area contributed by atoms with E-state index in [9.17, 15) is 0 Å². The molecule has 0 unspecified atom stereocenters. The van der Waals surface area contributed by atoms with E-state index in [0.29, 0.717) is 22.7 Å². The van der Waals surface area contributed by atoms with Crippen molar-refractivity contribution in [3.05, 3.63) is 82.1 Å². The van der Waals surface area contributed by atoms with E-state index in [4.69, 9.17) is 27.9 Å². The lowest BCUT2D eigenvalue weighted by atomic mass is 9.94. The number of nitrogens with one attached hydrogen (secondary N) is 1. The summed E-state index contributed by atoms with van der Waals surface area (Å²) in [6, 6.07) is 16.1. The molecule has 5 rings (SSSR count). The maximum Gasteiger partial charge on any atom is 0.127 e. The Morgan fingerprint density at radius 1 is 1.03 bits per heavy atom. The number of rotatable bonds is 7. The number of hydrogen-bond acceptors (Lipinski definition) is 3. The van der Waals surface area contributed by atoms with Gasteiger partial charge in [-0.05, 0) is 66.6 Å². The van der Waals surface area contributed by atoms with Crippen molar-refractivity contribution in [3.63, 3.8) is 0 Å². The second kappa shape index (κ2) is 7.64. The van der Waals surface area contributed by atoms with Crippen LogP contribution >= 0.6 is 23.2 Å². The first kappa shape index (κ1) is 18.9. The van der Waals surface area contributed by atoms with E-state index >= 15 is 0 Å². The summed E-state index contributed by atoms with van der Waals surface area (Å²) >= 11 is 12.4. The van der Waals surface area contributed by atoms with Crippen LogP contribution < -0.4 is 10.1 Å². The summed E-state index contributed by atoms with van der Waals surface area (Å²) in [5, 5.41) is 5.08. The summed E-state index contributed by atoms with van der Waals surface area (Å²) in [6.45, 7) is 0.685. The van der Waals surface area contributed by atoms with Crippen LogP contribution in [0.25, 0.3) is 11.1 Å². The number of benzene rings is 2. The van der Waals surface area contributed by atoms with Crippen LogP contribution in [0.1, 0.15) is 36.8 Å². The average Bonchev–Trinajstić information content (AvgIpc) is 3.65. The predicted octanol–water partition coefficient (Wildman–Crippen LogP) is 6.38. The van der Waals surface area contributed by atoms with E-state index in [1.54, 1.807) is 6.07 Å². The molecular weight excluding hydrogens is 403 g/mol. The standard InChI is InChI=1S/C24H22Cl2N2O/c25-17-6-5-16(22(26)13-17)14-28-24(10-11-24)21-15-27-12-9-19(21)20-3-1-2-4-23(20)29-18-7-8-18/h1-6,9,12-13,15,18,28H,7-8,10-11,14H2. The monoisotopic (exact) mass is 424 g/mol. The number of nitrogens with zero attached hydrogens (tertiary/aromatic N) is 1. The van der Waals surface area contributed by atoms with Gasteiger partial charge >= 0.3 is 0 Å². The largest absolute Gasteiger partial charge is 0.490 e. The van der Waals surface area contributed by atoms with E-state index in [1.165, 1.54) is 11.1 Å². The van der Waals surface area contributed by atoms with Crippen molar-refractivity contribution in [2.75, 3.05) is 0 Å². The number of para-hydroxylation sites is 1. The number of halogens is 2. The van der Waals surface area contributed by atoms with Gasteiger partial charge in [0, 0.05) is 40.1 Å². The number of aromatic nitrogens is 1. The fourth-order valence-corrected chi connectivity index (χ4v) is 4.24. The summed E-state index contributed by atoms with van der Waals surface area (Å²) in [6.07, 6.45) is 8.65. The fourth-order valence-electron chi connectivity index (χ4n) is 3.76. The van der Waals surface area contributed by atoms with Gasteiger partial charge < -0.3 is 10.1 Å². The maximum atomic E-state index is 6.37. The van der Waals surface area contributed by atoms with Gasteiger partial charge in [0.15, 0.2) is 0 Å². The van der Waals surface area contributed by atoms with Crippen molar-refractivity contribution < 1.29 is 4.74 Å². The van der Waals surface area contributed by atoms with Gasteiger partial charge in [-0.15, -0.1) is 0 Å². The lowest BCUT2D eigenvalue weighted by Crippen LogP contribution is -2.29. The predicted molar refractivity (Wildman–Crippen MR) is 118 cm³/mol. The van der Waals surface area contributed by atoms with Crippen LogP contribution in [-0.2, 0) is 12.1 Å². The zero-order valence-corrected chi connectivity index (χ0v) is 17.5. The highest BCUT2D eigenvalue weighted by atomic mass is 35.5. The number of ether oxygens (including phenoxy) is 1. The first-order valence-corrected chi connectivity index (χ1v) is 10.8. The minimum Gasteiger partial charge on any atom is -0.490 e. The van der Waals surface area contributed by atoms with Gasteiger partial charge in [0.2, 0.25) is 0 Å². The van der Waals surface area contributed by atoms with Crippen molar-refractivity contribution >= 4 is 23.2 Å². The molecule has 0 bridgehead atoms. The van der Waals surface area contributed by atoms with Crippen molar-refractivity contribution in [2.45, 2.75) is 43.9 Å². The molecule has 2 fully saturated rings. The van der Waals surface area contributed by atoms with Crippen molar-refractivity contribution in [1.82, 2.24) is 10.3 Å². The summed E-state index contributed by atoms with van der Waals surface area (Å²) in [7, 11) is 0. The third-order valence-corrected chi connectivity index (χ3v) is 6.30. The molecule has 2 saturated carbocycles. The Morgan fingerprint density at radius 3 is 2.62 bits per heavy atom. The van der Waals surface area contributed by atoms with Crippen LogP contribution in [0, 0.1) is 0 Å². The summed E-state index contributed by atoms with van der Waals surface area (Å²) in [4.78, 5) is 4.44. The lowest BCUT2D eigenvalue weighted by Gasteiger charge is -2.22. The van der Waals surface area contributed by atoms with Crippen molar-refractivity contribution in [1.29, 1.82) is 0 Å². The number of hydrogen-bond donors (Lipinski definition) is 1. The lowest BCUT2D eigenvalue weighted by molar-refractivity contribution is 0.304. The van der Waals surface area contributed by atoms with Gasteiger partial charge in [0.1, 0.15) is 5.75 Å². The number of pyridine rings is 1. The first-order chi connectivity index (χ1) is 14.1. The normalized spacial score (nSPS) is 17.2. The van der Waals surface area contributed by atoms with Crippen LogP contribution in [0.4, 0.5) is 0 Å². The Hall–Kier alpha value is -2.07. The Kier molecular flexibility index (Phi) is 4.99. The molecule has 0 spiro atoms. The van der Waals surface area contributed by atoms with Gasteiger partial charge in [-0.2, -0.15) is 0 Å². The molecular formula is C24H22Cl2N2O. The summed E-state index contributed by atoms with van der Waals surface area (Å²) in [5.41, 5.74) is 4.50. The summed E-state index contributed by atoms with van der Waals surface area (Å²) < 4.78 is 6.18. The third kappa shape index (κ3) is 4.00. The highest BCUT2D eigenvalue weighted by molar-refractivity contribution is 6.35. The second-order valence-corrected chi connectivity index (χ2v) is 8.75. The second-order valence-electron chi connectivity index (χ2n) is 7.91. The Bertz CT molecular complexity index is 1040. The molecule has 0 radical (unpaired) electrons. The van der Waals surface area contributed by atoms with Crippen LogP contribution in [0.15, 0.2) is 60.9 Å². The van der Waals surface area contributed by atoms with E-state index in [-0.39, 0.29) is 5.54 Å². The van der Waals surface area contributed by atoms with E-state index in [2.05, 4.69) is 34.6 Å². The molecule has 2 aliphatic carbocycles. The smallest absolute Gasteiger partial charge is 0.127 e. The van der Waals surface area contributed by atoms with Gasteiger partial charge in [-0.25, -0.2) is 0 Å². The Balaban J connectivity index is 1.45. The molecule has 0 aliphatic heterocycles.